The number of carbonyl (C=O) groups is 1. The highest BCUT2D eigenvalue weighted by Crippen LogP contribution is 2.21. The Kier molecular flexibility index (Phi) is 5.45. The molecule has 1 aromatic rings. The molecule has 0 aliphatic carbocycles. The van der Waals surface area contributed by atoms with Crippen LogP contribution < -0.4 is 10.6 Å². The summed E-state index contributed by atoms with van der Waals surface area (Å²) in [5.41, 5.74) is 1.11. The molecule has 122 valence electrons. The first-order valence-electron chi connectivity index (χ1n) is 8.54. The topological polar surface area (TPSA) is 62.2 Å². The molecular formula is C16H27N5O. The van der Waals surface area contributed by atoms with E-state index >= 15 is 0 Å². The summed E-state index contributed by atoms with van der Waals surface area (Å²) < 4.78 is 1.76. The highest BCUT2D eigenvalue weighted by atomic mass is 16.2. The molecule has 1 amide bonds. The van der Waals surface area contributed by atoms with Crippen LogP contribution in [0.15, 0.2) is 12.3 Å². The van der Waals surface area contributed by atoms with Crippen molar-refractivity contribution in [1.29, 1.82) is 0 Å². The van der Waals surface area contributed by atoms with Crippen molar-refractivity contribution in [3.63, 3.8) is 0 Å². The van der Waals surface area contributed by atoms with Gasteiger partial charge in [-0.05, 0) is 51.4 Å². The van der Waals surface area contributed by atoms with Crippen LogP contribution in [0.2, 0.25) is 0 Å². The molecule has 2 N–H and O–H groups in total. The largest absolute Gasteiger partial charge is 0.353 e. The Labute approximate surface area is 132 Å². The van der Waals surface area contributed by atoms with Gasteiger partial charge in [0, 0.05) is 31.7 Å². The zero-order valence-electron chi connectivity index (χ0n) is 13.3. The minimum atomic E-state index is 0.0515. The summed E-state index contributed by atoms with van der Waals surface area (Å²) in [6.45, 7) is 6.47. The minimum Gasteiger partial charge on any atom is -0.353 e. The number of nitrogens with one attached hydrogen (secondary N) is 2. The van der Waals surface area contributed by atoms with Gasteiger partial charge in [-0.2, -0.15) is 5.10 Å². The number of hydrogen-bond donors (Lipinski definition) is 2. The minimum absolute atomic E-state index is 0.0515. The molecule has 3 heterocycles. The van der Waals surface area contributed by atoms with Crippen LogP contribution in [-0.4, -0.2) is 59.9 Å². The third kappa shape index (κ3) is 4.30. The normalized spacial score (nSPS) is 22.8. The van der Waals surface area contributed by atoms with Crippen molar-refractivity contribution in [3.05, 3.63) is 18.0 Å². The van der Waals surface area contributed by atoms with Gasteiger partial charge in [-0.3, -0.25) is 9.48 Å². The molecule has 0 saturated carbocycles. The quantitative estimate of drug-likeness (QED) is 0.806. The van der Waals surface area contributed by atoms with Crippen LogP contribution >= 0.6 is 0 Å². The van der Waals surface area contributed by atoms with Crippen LogP contribution in [0.3, 0.4) is 0 Å². The van der Waals surface area contributed by atoms with Crippen molar-refractivity contribution in [1.82, 2.24) is 25.3 Å². The molecule has 0 radical (unpaired) electrons. The predicted octanol–water partition coefficient (Wildman–Crippen LogP) is 0.562. The first kappa shape index (κ1) is 15.5. The van der Waals surface area contributed by atoms with Gasteiger partial charge in [0.1, 0.15) is 6.54 Å². The number of likely N-dealkylation sites (tertiary alicyclic amines) is 1. The Bertz CT molecular complexity index is 475. The van der Waals surface area contributed by atoms with Gasteiger partial charge in [-0.25, -0.2) is 0 Å². The Morgan fingerprint density at radius 3 is 3.00 bits per heavy atom. The van der Waals surface area contributed by atoms with Crippen molar-refractivity contribution in [3.8, 4) is 0 Å². The standard InChI is InChI=1S/C16H27N5O/c22-16(18-7-11-20-8-1-2-9-20)13-21-10-5-15(19-21)14-4-3-6-17-12-14/h5,10,14,17H,1-4,6-9,11-13H2,(H,18,22)/t14-/m1/s1. The maximum atomic E-state index is 12.0. The second kappa shape index (κ2) is 7.74. The number of rotatable bonds is 6. The smallest absolute Gasteiger partial charge is 0.241 e. The zero-order valence-corrected chi connectivity index (χ0v) is 13.3. The highest BCUT2D eigenvalue weighted by Gasteiger charge is 2.18. The number of piperidine rings is 1. The maximum absolute atomic E-state index is 12.0. The van der Waals surface area contributed by atoms with Crippen molar-refractivity contribution in [2.75, 3.05) is 39.3 Å². The van der Waals surface area contributed by atoms with Crippen LogP contribution in [0.1, 0.15) is 37.3 Å². The van der Waals surface area contributed by atoms with E-state index in [2.05, 4.69) is 26.7 Å². The summed E-state index contributed by atoms with van der Waals surface area (Å²) in [5.74, 6) is 0.545. The van der Waals surface area contributed by atoms with E-state index in [1.54, 1.807) is 4.68 Å². The van der Waals surface area contributed by atoms with Gasteiger partial charge in [0.2, 0.25) is 5.91 Å². The molecule has 1 atom stereocenters. The van der Waals surface area contributed by atoms with Gasteiger partial charge in [0.15, 0.2) is 0 Å². The average molecular weight is 305 g/mol. The van der Waals surface area contributed by atoms with Gasteiger partial charge in [-0.1, -0.05) is 0 Å². The van der Waals surface area contributed by atoms with Crippen LogP contribution in [0, 0.1) is 0 Å². The van der Waals surface area contributed by atoms with Crippen molar-refractivity contribution in [2.24, 2.45) is 0 Å². The summed E-state index contributed by atoms with van der Waals surface area (Å²) in [6, 6.07) is 2.05. The van der Waals surface area contributed by atoms with Gasteiger partial charge in [-0.15, -0.1) is 0 Å². The lowest BCUT2D eigenvalue weighted by Gasteiger charge is -2.20. The van der Waals surface area contributed by atoms with Crippen LogP contribution in [-0.2, 0) is 11.3 Å². The fourth-order valence-corrected chi connectivity index (χ4v) is 3.35. The van der Waals surface area contributed by atoms with Crippen LogP contribution in [0.4, 0.5) is 0 Å². The summed E-state index contributed by atoms with van der Waals surface area (Å²) in [7, 11) is 0. The predicted molar refractivity (Wildman–Crippen MR) is 85.8 cm³/mol. The van der Waals surface area contributed by atoms with E-state index in [9.17, 15) is 4.79 Å². The van der Waals surface area contributed by atoms with Gasteiger partial charge in [0.05, 0.1) is 5.69 Å². The molecule has 3 rings (SSSR count). The van der Waals surface area contributed by atoms with Crippen LogP contribution in [0.5, 0.6) is 0 Å². The van der Waals surface area contributed by atoms with Crippen molar-refractivity contribution in [2.45, 2.75) is 38.1 Å². The first-order valence-corrected chi connectivity index (χ1v) is 8.54. The molecule has 0 aromatic carbocycles. The molecule has 6 nitrogen and oxygen atoms in total. The van der Waals surface area contributed by atoms with E-state index in [0.29, 0.717) is 12.5 Å². The highest BCUT2D eigenvalue weighted by molar-refractivity contribution is 5.75. The molecule has 0 spiro atoms. The molecular weight excluding hydrogens is 278 g/mol. The van der Waals surface area contributed by atoms with Gasteiger partial charge >= 0.3 is 0 Å². The van der Waals surface area contributed by atoms with E-state index in [4.69, 9.17) is 0 Å². The lowest BCUT2D eigenvalue weighted by Crippen LogP contribution is -2.35. The number of carbonyl (C=O) groups excluding carboxylic acids is 1. The number of hydrogen-bond acceptors (Lipinski definition) is 4. The van der Waals surface area contributed by atoms with Crippen molar-refractivity contribution >= 4 is 5.91 Å². The summed E-state index contributed by atoms with van der Waals surface area (Å²) >= 11 is 0. The summed E-state index contributed by atoms with van der Waals surface area (Å²) in [4.78, 5) is 14.4. The average Bonchev–Trinajstić information content (AvgIpc) is 3.20. The first-order chi connectivity index (χ1) is 10.8. The molecule has 2 saturated heterocycles. The second-order valence-corrected chi connectivity index (χ2v) is 6.38. The molecule has 0 bridgehead atoms. The Morgan fingerprint density at radius 1 is 1.36 bits per heavy atom. The lowest BCUT2D eigenvalue weighted by atomic mass is 9.97. The van der Waals surface area contributed by atoms with E-state index in [1.165, 1.54) is 38.8 Å². The second-order valence-electron chi connectivity index (χ2n) is 6.38. The van der Waals surface area contributed by atoms with E-state index < -0.39 is 0 Å². The number of nitrogens with zero attached hydrogens (tertiary/aromatic N) is 3. The summed E-state index contributed by atoms with van der Waals surface area (Å²) in [5, 5.41) is 11.0. The summed E-state index contributed by atoms with van der Waals surface area (Å²) in [6.07, 6.45) is 6.89. The number of aromatic nitrogens is 2. The molecule has 2 fully saturated rings. The third-order valence-corrected chi connectivity index (χ3v) is 4.63. The molecule has 1 aromatic heterocycles. The molecule has 2 aliphatic rings. The molecule has 0 unspecified atom stereocenters. The van der Waals surface area contributed by atoms with Gasteiger partial charge in [0.25, 0.3) is 0 Å². The fraction of sp³-hybridized carbons (Fsp3) is 0.750. The molecule has 22 heavy (non-hydrogen) atoms. The molecule has 6 heteroatoms. The maximum Gasteiger partial charge on any atom is 0.241 e. The van der Waals surface area contributed by atoms with Crippen LogP contribution in [0.25, 0.3) is 0 Å². The Morgan fingerprint density at radius 2 is 2.23 bits per heavy atom. The number of amides is 1. The zero-order chi connectivity index (χ0) is 15.2. The monoisotopic (exact) mass is 305 g/mol. The SMILES string of the molecule is O=C(Cn1ccc([C@@H]2CCCNC2)n1)NCCN1CCCC1. The fourth-order valence-electron chi connectivity index (χ4n) is 3.35. The van der Waals surface area contributed by atoms with E-state index in [-0.39, 0.29) is 5.91 Å². The molecule has 2 aliphatic heterocycles. The lowest BCUT2D eigenvalue weighted by molar-refractivity contribution is -0.121. The van der Waals surface area contributed by atoms with Gasteiger partial charge < -0.3 is 15.5 Å². The Balaban J connectivity index is 1.40. The van der Waals surface area contributed by atoms with E-state index in [0.717, 1.165) is 31.9 Å². The van der Waals surface area contributed by atoms with E-state index in [1.807, 2.05) is 6.20 Å². The Hall–Kier alpha value is -1.40. The van der Waals surface area contributed by atoms with Crippen molar-refractivity contribution < 1.29 is 4.79 Å². The third-order valence-electron chi connectivity index (χ3n) is 4.63.